The van der Waals surface area contributed by atoms with Crippen LogP contribution >= 0.6 is 22.9 Å². The van der Waals surface area contributed by atoms with Crippen molar-refractivity contribution in [2.24, 2.45) is 5.10 Å². The molecule has 2 amide bonds. The number of halogens is 1. The molecule has 0 aliphatic heterocycles. The molecule has 2 N–H and O–H groups in total. The molecular formula is C16H11ClN6O3S. The summed E-state index contributed by atoms with van der Waals surface area (Å²) in [5, 5.41) is 26.3. The molecule has 27 heavy (non-hydrogen) atoms. The third kappa shape index (κ3) is 5.06. The topological polar surface area (TPSA) is 122 Å². The van der Waals surface area contributed by atoms with Crippen LogP contribution in [0, 0.1) is 10.1 Å². The third-order valence-corrected chi connectivity index (χ3v) is 4.36. The second-order valence-electron chi connectivity index (χ2n) is 5.09. The molecule has 136 valence electrons. The lowest BCUT2D eigenvalue weighted by Crippen LogP contribution is -2.24. The summed E-state index contributed by atoms with van der Waals surface area (Å²) >= 11 is 7.05. The van der Waals surface area contributed by atoms with Crippen LogP contribution in [0.2, 0.25) is 5.02 Å². The number of nitrogens with one attached hydrogen (secondary N) is 2. The molecule has 0 atom stereocenters. The van der Waals surface area contributed by atoms with E-state index in [4.69, 9.17) is 11.6 Å². The van der Waals surface area contributed by atoms with E-state index in [1.54, 1.807) is 24.3 Å². The molecule has 0 spiro atoms. The van der Waals surface area contributed by atoms with Gasteiger partial charge in [0.15, 0.2) is 0 Å². The van der Waals surface area contributed by atoms with Gasteiger partial charge in [-0.25, -0.2) is 10.2 Å². The summed E-state index contributed by atoms with van der Waals surface area (Å²) in [4.78, 5) is 21.9. The number of hydrogen-bond donors (Lipinski definition) is 2. The maximum absolute atomic E-state index is 11.8. The van der Waals surface area contributed by atoms with Crippen molar-refractivity contribution in [2.75, 3.05) is 5.32 Å². The summed E-state index contributed by atoms with van der Waals surface area (Å²) in [7, 11) is 0. The van der Waals surface area contributed by atoms with Crippen molar-refractivity contribution in [1.29, 1.82) is 0 Å². The first-order valence-corrected chi connectivity index (χ1v) is 8.64. The van der Waals surface area contributed by atoms with Crippen molar-refractivity contribution in [3.8, 4) is 10.6 Å². The van der Waals surface area contributed by atoms with Crippen LogP contribution in [0.15, 0.2) is 53.6 Å². The van der Waals surface area contributed by atoms with Crippen molar-refractivity contribution in [3.63, 3.8) is 0 Å². The van der Waals surface area contributed by atoms with E-state index >= 15 is 0 Å². The van der Waals surface area contributed by atoms with Gasteiger partial charge in [0.05, 0.1) is 11.1 Å². The number of carbonyl (C=O) groups is 1. The molecular weight excluding hydrogens is 392 g/mol. The Morgan fingerprint density at radius 3 is 2.52 bits per heavy atom. The van der Waals surface area contributed by atoms with Gasteiger partial charge in [0.1, 0.15) is 5.01 Å². The first kappa shape index (κ1) is 18.4. The fourth-order valence-corrected chi connectivity index (χ4v) is 2.83. The molecule has 0 aliphatic carbocycles. The van der Waals surface area contributed by atoms with E-state index in [1.807, 2.05) is 0 Å². The lowest BCUT2D eigenvalue weighted by molar-refractivity contribution is -0.384. The Balaban J connectivity index is 1.55. The van der Waals surface area contributed by atoms with Crippen molar-refractivity contribution >= 4 is 46.0 Å². The highest BCUT2D eigenvalue weighted by Crippen LogP contribution is 2.27. The molecule has 0 aliphatic rings. The largest absolute Gasteiger partial charge is 0.341 e. The maximum Gasteiger partial charge on any atom is 0.341 e. The number of benzene rings is 2. The Morgan fingerprint density at radius 1 is 1.15 bits per heavy atom. The van der Waals surface area contributed by atoms with Gasteiger partial charge in [-0.3, -0.25) is 15.4 Å². The Kier molecular flexibility index (Phi) is 5.69. The normalized spacial score (nSPS) is 10.7. The Bertz CT molecular complexity index is 988. The summed E-state index contributed by atoms with van der Waals surface area (Å²) in [6.45, 7) is 0. The average Bonchev–Trinajstić information content (AvgIpc) is 3.11. The predicted molar refractivity (Wildman–Crippen MR) is 103 cm³/mol. The number of anilines is 1. The SMILES string of the molecule is O=C(N/N=C/c1ccc([N+](=O)[O-])cc1)Nc1nnc(-c2ccc(Cl)cc2)s1. The van der Waals surface area contributed by atoms with E-state index < -0.39 is 11.0 Å². The summed E-state index contributed by atoms with van der Waals surface area (Å²) in [6.07, 6.45) is 1.36. The van der Waals surface area contributed by atoms with Crippen molar-refractivity contribution in [2.45, 2.75) is 0 Å². The number of nitro benzene ring substituents is 1. The van der Waals surface area contributed by atoms with Crippen LogP contribution in [0.25, 0.3) is 10.6 Å². The van der Waals surface area contributed by atoms with Gasteiger partial charge in [0.25, 0.3) is 5.69 Å². The molecule has 11 heteroatoms. The Morgan fingerprint density at radius 2 is 1.85 bits per heavy atom. The van der Waals surface area contributed by atoms with Crippen LogP contribution in [0.1, 0.15) is 5.56 Å². The standard InChI is InChI=1S/C16H11ClN6O3S/c17-12-5-3-11(4-6-12)14-20-22-16(27-14)19-15(24)21-18-9-10-1-7-13(8-2-10)23(25)26/h1-9H,(H2,19,21,22,24)/b18-9+. The molecule has 0 fully saturated rings. The third-order valence-electron chi connectivity index (χ3n) is 3.22. The number of nitro groups is 1. The maximum atomic E-state index is 11.8. The molecule has 3 rings (SSSR count). The zero-order valence-corrected chi connectivity index (χ0v) is 15.1. The number of nitrogens with zero attached hydrogens (tertiary/aromatic N) is 4. The Hall–Kier alpha value is -3.37. The fraction of sp³-hybridized carbons (Fsp3) is 0. The smallest absolute Gasteiger partial charge is 0.281 e. The lowest BCUT2D eigenvalue weighted by atomic mass is 10.2. The second kappa shape index (κ2) is 8.34. The van der Waals surface area contributed by atoms with Gasteiger partial charge in [0, 0.05) is 22.7 Å². The molecule has 0 saturated carbocycles. The molecule has 2 aromatic carbocycles. The molecule has 9 nitrogen and oxygen atoms in total. The summed E-state index contributed by atoms with van der Waals surface area (Å²) < 4.78 is 0. The fourth-order valence-electron chi connectivity index (χ4n) is 1.96. The lowest BCUT2D eigenvalue weighted by Gasteiger charge is -1.99. The zero-order valence-electron chi connectivity index (χ0n) is 13.5. The zero-order chi connectivity index (χ0) is 19.2. The highest BCUT2D eigenvalue weighted by molar-refractivity contribution is 7.18. The van der Waals surface area contributed by atoms with Crippen LogP contribution in [0.5, 0.6) is 0 Å². The molecule has 1 heterocycles. The van der Waals surface area contributed by atoms with Crippen LogP contribution in [0.3, 0.4) is 0 Å². The number of non-ortho nitro benzene ring substituents is 1. The van der Waals surface area contributed by atoms with Crippen LogP contribution in [-0.4, -0.2) is 27.4 Å². The average molecular weight is 403 g/mol. The van der Waals surface area contributed by atoms with Crippen molar-refractivity contribution in [1.82, 2.24) is 15.6 Å². The van der Waals surface area contributed by atoms with Crippen LogP contribution < -0.4 is 10.7 Å². The molecule has 0 saturated heterocycles. The Labute approximate surface area is 161 Å². The predicted octanol–water partition coefficient (Wildman–Crippen LogP) is 3.92. The number of amides is 2. The minimum Gasteiger partial charge on any atom is -0.281 e. The van der Waals surface area contributed by atoms with Crippen molar-refractivity contribution in [3.05, 3.63) is 69.2 Å². The summed E-state index contributed by atoms with van der Waals surface area (Å²) in [5.41, 5.74) is 3.69. The highest BCUT2D eigenvalue weighted by Gasteiger charge is 2.09. The number of rotatable bonds is 5. The molecule has 0 unspecified atom stereocenters. The van der Waals surface area contributed by atoms with Crippen LogP contribution in [0.4, 0.5) is 15.6 Å². The first-order valence-electron chi connectivity index (χ1n) is 7.45. The highest BCUT2D eigenvalue weighted by atomic mass is 35.5. The molecule has 1 aromatic heterocycles. The minimum atomic E-state index is -0.591. The van der Waals surface area contributed by atoms with Gasteiger partial charge in [-0.05, 0) is 29.8 Å². The van der Waals surface area contributed by atoms with E-state index in [-0.39, 0.29) is 5.69 Å². The number of hydrogen-bond acceptors (Lipinski definition) is 7. The van der Waals surface area contributed by atoms with E-state index in [0.29, 0.717) is 20.7 Å². The quantitative estimate of drug-likeness (QED) is 0.380. The van der Waals surface area contributed by atoms with Crippen LogP contribution in [-0.2, 0) is 0 Å². The first-order chi connectivity index (χ1) is 13.0. The number of aromatic nitrogens is 2. The molecule has 0 radical (unpaired) electrons. The number of carbonyl (C=O) groups excluding carboxylic acids is 1. The monoisotopic (exact) mass is 402 g/mol. The number of hydrazone groups is 1. The number of urea groups is 1. The molecule has 0 bridgehead atoms. The summed E-state index contributed by atoms with van der Waals surface area (Å²) in [6, 6.07) is 12.2. The van der Waals surface area contributed by atoms with Gasteiger partial charge in [0.2, 0.25) is 5.13 Å². The molecule has 3 aromatic rings. The van der Waals surface area contributed by atoms with E-state index in [1.165, 1.54) is 41.8 Å². The van der Waals surface area contributed by atoms with Gasteiger partial charge >= 0.3 is 6.03 Å². The minimum absolute atomic E-state index is 0.0226. The van der Waals surface area contributed by atoms with Gasteiger partial charge in [-0.1, -0.05) is 35.1 Å². The second-order valence-corrected chi connectivity index (χ2v) is 6.51. The van der Waals surface area contributed by atoms with E-state index in [9.17, 15) is 14.9 Å². The van der Waals surface area contributed by atoms with Crippen molar-refractivity contribution < 1.29 is 9.72 Å². The van der Waals surface area contributed by atoms with Gasteiger partial charge in [-0.2, -0.15) is 5.10 Å². The van der Waals surface area contributed by atoms with Gasteiger partial charge in [-0.15, -0.1) is 10.2 Å². The van der Waals surface area contributed by atoms with E-state index in [0.717, 1.165) is 5.56 Å². The van der Waals surface area contributed by atoms with Gasteiger partial charge < -0.3 is 0 Å². The summed E-state index contributed by atoms with van der Waals surface area (Å²) in [5.74, 6) is 0. The van der Waals surface area contributed by atoms with E-state index in [2.05, 4.69) is 26.0 Å².